The van der Waals surface area contributed by atoms with Crippen LogP contribution in [0.25, 0.3) is 32.9 Å². The Balaban J connectivity index is 1.19. The normalized spacial score (nSPS) is 25.3. The molecule has 2 N–H and O–H groups in total. The first-order valence-electron chi connectivity index (χ1n) is 20.4. The van der Waals surface area contributed by atoms with Gasteiger partial charge in [0, 0.05) is 54.5 Å². The summed E-state index contributed by atoms with van der Waals surface area (Å²) < 4.78 is 50.6. The molecular formula is C44H52F2N6O6. The largest absolute Gasteiger partial charge is 0.508 e. The fourth-order valence-electron chi connectivity index (χ4n) is 9.98. The number of aliphatic hydroxyl groups is 1. The van der Waals surface area contributed by atoms with Gasteiger partial charge < -0.3 is 34.2 Å². The second-order valence-corrected chi connectivity index (χ2v) is 17.2. The first-order chi connectivity index (χ1) is 27.8. The highest BCUT2D eigenvalue weighted by Gasteiger charge is 2.49. The number of ether oxygens (including phenoxy) is 3. The number of pyridine rings is 1. The molecular weight excluding hydrogens is 747 g/mol. The number of hydrogen-bond donors (Lipinski definition) is 2. The number of methoxy groups -OCH3 is 1. The molecule has 1 saturated carbocycles. The van der Waals surface area contributed by atoms with Gasteiger partial charge in [-0.1, -0.05) is 32.3 Å². The van der Waals surface area contributed by atoms with E-state index >= 15 is 8.78 Å². The summed E-state index contributed by atoms with van der Waals surface area (Å²) in [5.41, 5.74) is -1.89. The minimum absolute atomic E-state index is 0.0121. The number of nitrogens with zero attached hydrogens (tertiary/aromatic N) is 6. The summed E-state index contributed by atoms with van der Waals surface area (Å²) in [6, 6.07) is 5.62. The van der Waals surface area contributed by atoms with Crippen molar-refractivity contribution in [3.05, 3.63) is 41.5 Å². The van der Waals surface area contributed by atoms with E-state index in [0.717, 1.165) is 64.7 Å². The summed E-state index contributed by atoms with van der Waals surface area (Å²) in [6.45, 7) is 10.2. The molecule has 0 bridgehead atoms. The number of terminal acetylenes is 1. The van der Waals surface area contributed by atoms with Crippen LogP contribution in [-0.2, 0) is 9.53 Å². The van der Waals surface area contributed by atoms with Gasteiger partial charge in [-0.2, -0.15) is 9.97 Å². The lowest BCUT2D eigenvalue weighted by molar-refractivity contribution is -0.133. The Kier molecular flexibility index (Phi) is 10.8. The molecule has 308 valence electrons. The molecule has 2 aromatic heterocycles. The Labute approximate surface area is 337 Å². The van der Waals surface area contributed by atoms with Crippen molar-refractivity contribution >= 4 is 33.4 Å². The van der Waals surface area contributed by atoms with Crippen LogP contribution in [0, 0.1) is 41.2 Å². The van der Waals surface area contributed by atoms with E-state index in [9.17, 15) is 15.0 Å². The van der Waals surface area contributed by atoms with Gasteiger partial charge in [-0.15, -0.1) is 6.42 Å². The number of hydrogen-bond acceptors (Lipinski definition) is 11. The van der Waals surface area contributed by atoms with Crippen LogP contribution >= 0.6 is 0 Å². The third-order valence-corrected chi connectivity index (χ3v) is 12.6. The zero-order valence-electron chi connectivity index (χ0n) is 33.7. The standard InChI is InChI=1S/C44H52F2N6O6/c1-6-30-32(45)11-10-28-19-29(53)20-31(34(28)30)37-36(46)38-35(40(47-37)56-5)39(52-17-18-57-24-43(4,55)23-52)49-42(48-38)58-25-44-13-7-9-33(44)50(15-8-14-44)21-27-12-16-51(22-27)41(54)26(2)3/h1,10-11,19-20,26-27,33,53,55H,7-9,12-18,21-25H2,2-5H3. The molecule has 3 aliphatic heterocycles. The minimum Gasteiger partial charge on any atom is -0.508 e. The molecule has 12 nitrogen and oxygen atoms in total. The van der Waals surface area contributed by atoms with Gasteiger partial charge in [0.1, 0.15) is 39.6 Å². The first kappa shape index (κ1) is 40.0. The molecule has 58 heavy (non-hydrogen) atoms. The van der Waals surface area contributed by atoms with E-state index in [1.807, 2.05) is 18.7 Å². The smallest absolute Gasteiger partial charge is 0.319 e. The average Bonchev–Trinajstić information content (AvgIpc) is 3.81. The lowest BCUT2D eigenvalue weighted by Crippen LogP contribution is -2.53. The number of fused-ring (bicyclic) bond motifs is 3. The molecule has 4 fully saturated rings. The maximum absolute atomic E-state index is 17.4. The van der Waals surface area contributed by atoms with Gasteiger partial charge in [0.15, 0.2) is 5.82 Å². The zero-order chi connectivity index (χ0) is 40.9. The molecule has 4 aromatic rings. The number of likely N-dealkylation sites (tertiary alicyclic amines) is 2. The Hall–Kier alpha value is -4.84. The zero-order valence-corrected chi connectivity index (χ0v) is 33.7. The van der Waals surface area contributed by atoms with E-state index in [2.05, 4.69) is 15.8 Å². The summed E-state index contributed by atoms with van der Waals surface area (Å²) >= 11 is 0. The highest BCUT2D eigenvalue weighted by atomic mass is 19.1. The number of aromatic hydroxyl groups is 1. The number of aromatic nitrogens is 3. The van der Waals surface area contributed by atoms with E-state index < -0.39 is 17.2 Å². The van der Waals surface area contributed by atoms with E-state index in [0.29, 0.717) is 24.5 Å². The molecule has 0 spiro atoms. The van der Waals surface area contributed by atoms with Gasteiger partial charge in [-0.05, 0) is 75.1 Å². The summed E-state index contributed by atoms with van der Waals surface area (Å²) in [5.74, 6) is 1.49. The number of β-amino-alcohol motifs (C(OH)–C–C–N with tert-alkyl or cyclic N) is 1. The predicted molar refractivity (Wildman–Crippen MR) is 216 cm³/mol. The number of carbonyl (C=O) groups excluding carboxylic acids is 1. The molecule has 2 aromatic carbocycles. The van der Waals surface area contributed by atoms with Gasteiger partial charge in [0.2, 0.25) is 11.8 Å². The van der Waals surface area contributed by atoms with Crippen LogP contribution in [0.2, 0.25) is 0 Å². The predicted octanol–water partition coefficient (Wildman–Crippen LogP) is 5.92. The fraction of sp³-hybridized carbons (Fsp3) is 0.545. The lowest BCUT2D eigenvalue weighted by atomic mass is 9.75. The number of amides is 1. The molecule has 8 rings (SSSR count). The van der Waals surface area contributed by atoms with E-state index in [1.54, 1.807) is 11.8 Å². The molecule has 1 aliphatic carbocycles. The topological polar surface area (TPSA) is 134 Å². The van der Waals surface area contributed by atoms with Crippen molar-refractivity contribution in [2.75, 3.05) is 71.1 Å². The maximum atomic E-state index is 17.4. The van der Waals surface area contributed by atoms with Crippen molar-refractivity contribution in [1.29, 1.82) is 0 Å². The van der Waals surface area contributed by atoms with Crippen LogP contribution in [0.4, 0.5) is 14.6 Å². The molecule has 0 radical (unpaired) electrons. The number of rotatable bonds is 9. The number of benzene rings is 2. The van der Waals surface area contributed by atoms with Gasteiger partial charge in [-0.25, -0.2) is 13.8 Å². The van der Waals surface area contributed by atoms with Gasteiger partial charge in [0.05, 0.1) is 39.0 Å². The highest BCUT2D eigenvalue weighted by Crippen LogP contribution is 2.49. The Morgan fingerprint density at radius 3 is 2.69 bits per heavy atom. The summed E-state index contributed by atoms with van der Waals surface area (Å²) in [7, 11) is 1.39. The molecule has 3 saturated heterocycles. The summed E-state index contributed by atoms with van der Waals surface area (Å²) in [5, 5.41) is 22.7. The number of piperidine rings is 1. The van der Waals surface area contributed by atoms with Crippen LogP contribution in [-0.4, -0.2) is 119 Å². The Morgan fingerprint density at radius 1 is 1.10 bits per heavy atom. The molecule has 1 amide bonds. The number of anilines is 1. The average molecular weight is 799 g/mol. The van der Waals surface area contributed by atoms with Crippen molar-refractivity contribution < 1.29 is 38.0 Å². The Morgan fingerprint density at radius 2 is 1.91 bits per heavy atom. The highest BCUT2D eigenvalue weighted by molar-refractivity contribution is 6.04. The number of phenolic OH excluding ortho intramolecular Hbond substituents is 1. The quantitative estimate of drug-likeness (QED) is 0.196. The second kappa shape index (κ2) is 15.7. The molecule has 5 heterocycles. The monoisotopic (exact) mass is 798 g/mol. The number of phenols is 1. The SMILES string of the molecule is C#Cc1c(F)ccc2cc(O)cc(-c3nc(OC)c4c(N5CCOCC(C)(O)C5)nc(OCC56CCCC5N(CC5CCN(C(=O)C(C)C)C5)CCC6)nc4c3F)c12. The van der Waals surface area contributed by atoms with Gasteiger partial charge in [0.25, 0.3) is 0 Å². The number of halogens is 2. The van der Waals surface area contributed by atoms with E-state index in [4.69, 9.17) is 30.6 Å². The molecule has 4 unspecified atom stereocenters. The molecule has 14 heteroatoms. The van der Waals surface area contributed by atoms with Crippen molar-refractivity contribution in [3.63, 3.8) is 0 Å². The van der Waals surface area contributed by atoms with Crippen molar-refractivity contribution in [3.8, 4) is 41.2 Å². The lowest BCUT2D eigenvalue weighted by Gasteiger charge is -2.47. The van der Waals surface area contributed by atoms with Gasteiger partial charge in [-0.3, -0.25) is 9.69 Å². The minimum atomic E-state index is -1.26. The van der Waals surface area contributed by atoms with Crippen LogP contribution in [0.1, 0.15) is 64.9 Å². The van der Waals surface area contributed by atoms with Crippen LogP contribution < -0.4 is 14.4 Å². The van der Waals surface area contributed by atoms with E-state index in [1.165, 1.54) is 31.4 Å². The second-order valence-electron chi connectivity index (χ2n) is 17.2. The molecule has 4 aliphatic rings. The first-order valence-corrected chi connectivity index (χ1v) is 20.4. The molecule has 4 atom stereocenters. The summed E-state index contributed by atoms with van der Waals surface area (Å²) in [6.07, 6.45) is 11.8. The van der Waals surface area contributed by atoms with Crippen LogP contribution in [0.5, 0.6) is 17.6 Å². The summed E-state index contributed by atoms with van der Waals surface area (Å²) in [4.78, 5) is 33.4. The van der Waals surface area contributed by atoms with Crippen LogP contribution in [0.15, 0.2) is 24.3 Å². The van der Waals surface area contributed by atoms with E-state index in [-0.39, 0.29) is 99.6 Å². The van der Waals surface area contributed by atoms with Gasteiger partial charge >= 0.3 is 6.01 Å². The van der Waals surface area contributed by atoms with Crippen molar-refractivity contribution in [1.82, 2.24) is 24.8 Å². The van der Waals surface area contributed by atoms with Crippen LogP contribution in [0.3, 0.4) is 0 Å². The Bertz CT molecular complexity index is 2280. The third-order valence-electron chi connectivity index (χ3n) is 12.6. The number of carbonyl (C=O) groups is 1. The third kappa shape index (κ3) is 7.37. The maximum Gasteiger partial charge on any atom is 0.319 e. The van der Waals surface area contributed by atoms with Crippen molar-refractivity contribution in [2.45, 2.75) is 70.9 Å². The van der Waals surface area contributed by atoms with Crippen molar-refractivity contribution in [2.24, 2.45) is 17.3 Å². The fourth-order valence-corrected chi connectivity index (χ4v) is 9.98.